The van der Waals surface area contributed by atoms with Crippen molar-refractivity contribution in [1.82, 2.24) is 4.57 Å². The smallest absolute Gasteiger partial charge is 0.271 e. The van der Waals surface area contributed by atoms with Gasteiger partial charge in [-0.15, -0.1) is 0 Å². The number of aryl methyl sites for hydroxylation is 1. The Hall–Kier alpha value is -2.49. The van der Waals surface area contributed by atoms with Crippen LogP contribution in [0, 0.1) is 3.57 Å². The molecule has 1 atom stereocenters. The van der Waals surface area contributed by atoms with Gasteiger partial charge in [0.15, 0.2) is 4.80 Å². The van der Waals surface area contributed by atoms with Gasteiger partial charge in [0, 0.05) is 10.0 Å². The molecule has 1 N–H and O–H groups in total. The number of phenolic OH excluding ortho intramolecular Hbond substituents is 1. The standard InChI is InChI=1S/C27H18BrIN2O2S/c28-18-9-6-17(7-10-18)25-20-11-8-16-3-1-2-4-19(16)24(20)30-27-31(25)26(33)23(34-27)14-15-5-12-22(32)21(29)13-15/h1-7,9-10,12-14,25,32H,8,11H2. The number of hydrogen-bond acceptors (Lipinski definition) is 4. The summed E-state index contributed by atoms with van der Waals surface area (Å²) in [7, 11) is 0. The minimum Gasteiger partial charge on any atom is -0.507 e. The van der Waals surface area contributed by atoms with Crippen LogP contribution in [0.25, 0.3) is 11.8 Å². The fourth-order valence-electron chi connectivity index (χ4n) is 4.73. The molecule has 7 heteroatoms. The molecular weight excluding hydrogens is 623 g/mol. The fraction of sp³-hybridized carbons (Fsp3) is 0.111. The van der Waals surface area contributed by atoms with Gasteiger partial charge in [-0.2, -0.15) is 0 Å². The number of thiazole rings is 1. The van der Waals surface area contributed by atoms with E-state index in [4.69, 9.17) is 4.99 Å². The molecule has 0 radical (unpaired) electrons. The molecule has 34 heavy (non-hydrogen) atoms. The normalized spacial score (nSPS) is 17.1. The summed E-state index contributed by atoms with van der Waals surface area (Å²) in [6.45, 7) is 0. The highest BCUT2D eigenvalue weighted by atomic mass is 127. The lowest BCUT2D eigenvalue weighted by molar-refractivity contribution is 0.471. The molecule has 0 fully saturated rings. The summed E-state index contributed by atoms with van der Waals surface area (Å²) in [4.78, 5) is 19.5. The molecule has 4 aromatic rings. The molecule has 0 saturated carbocycles. The molecule has 1 unspecified atom stereocenters. The van der Waals surface area contributed by atoms with Crippen molar-refractivity contribution < 1.29 is 5.11 Å². The Balaban J connectivity index is 1.62. The zero-order valence-corrected chi connectivity index (χ0v) is 22.4. The maximum atomic E-state index is 13.7. The van der Waals surface area contributed by atoms with Crippen LogP contribution in [0.5, 0.6) is 5.75 Å². The van der Waals surface area contributed by atoms with Gasteiger partial charge >= 0.3 is 0 Å². The van der Waals surface area contributed by atoms with Crippen molar-refractivity contribution in [3.63, 3.8) is 0 Å². The van der Waals surface area contributed by atoms with Crippen LogP contribution in [0.4, 0.5) is 0 Å². The van der Waals surface area contributed by atoms with Crippen LogP contribution < -0.4 is 14.9 Å². The number of aromatic nitrogens is 1. The lowest BCUT2D eigenvalue weighted by Gasteiger charge is -2.30. The number of rotatable bonds is 2. The maximum absolute atomic E-state index is 13.7. The maximum Gasteiger partial charge on any atom is 0.271 e. The molecular formula is C27H18BrIN2O2S. The predicted octanol–water partition coefficient (Wildman–Crippen LogP) is 5.39. The van der Waals surface area contributed by atoms with Gasteiger partial charge in [0.05, 0.1) is 19.8 Å². The van der Waals surface area contributed by atoms with Gasteiger partial charge in [0.25, 0.3) is 5.56 Å². The van der Waals surface area contributed by atoms with Crippen LogP contribution in [-0.4, -0.2) is 9.67 Å². The second kappa shape index (κ2) is 8.62. The number of aromatic hydroxyl groups is 1. The molecule has 0 saturated heterocycles. The summed E-state index contributed by atoms with van der Waals surface area (Å²) < 4.78 is 4.25. The first-order chi connectivity index (χ1) is 16.5. The first kappa shape index (κ1) is 22.0. The van der Waals surface area contributed by atoms with Crippen molar-refractivity contribution in [1.29, 1.82) is 0 Å². The van der Waals surface area contributed by atoms with Gasteiger partial charge < -0.3 is 5.11 Å². The van der Waals surface area contributed by atoms with E-state index in [1.165, 1.54) is 22.5 Å². The first-order valence-electron chi connectivity index (χ1n) is 10.9. The molecule has 1 aliphatic heterocycles. The van der Waals surface area contributed by atoms with E-state index in [0.29, 0.717) is 9.33 Å². The number of hydrogen-bond donors (Lipinski definition) is 1. The highest BCUT2D eigenvalue weighted by Crippen LogP contribution is 2.41. The molecule has 0 amide bonds. The third-order valence-electron chi connectivity index (χ3n) is 6.33. The zero-order valence-electron chi connectivity index (χ0n) is 17.8. The zero-order chi connectivity index (χ0) is 23.4. The van der Waals surface area contributed by atoms with E-state index < -0.39 is 0 Å². The molecule has 2 heterocycles. The minimum atomic E-state index is -0.185. The Morgan fingerprint density at radius 1 is 1.09 bits per heavy atom. The Morgan fingerprint density at radius 3 is 2.68 bits per heavy atom. The second-order valence-electron chi connectivity index (χ2n) is 8.38. The Kier molecular flexibility index (Phi) is 5.58. The minimum absolute atomic E-state index is 0.0369. The summed E-state index contributed by atoms with van der Waals surface area (Å²) >= 11 is 7.05. The van der Waals surface area contributed by atoms with Crippen molar-refractivity contribution in [2.24, 2.45) is 4.99 Å². The lowest BCUT2D eigenvalue weighted by atomic mass is 9.83. The topological polar surface area (TPSA) is 54.6 Å². The monoisotopic (exact) mass is 640 g/mol. The number of nitrogens with zero attached hydrogens (tertiary/aromatic N) is 2. The van der Waals surface area contributed by atoms with Crippen LogP contribution in [0.3, 0.4) is 0 Å². The predicted molar refractivity (Wildman–Crippen MR) is 148 cm³/mol. The molecule has 2 aliphatic rings. The van der Waals surface area contributed by atoms with Crippen molar-refractivity contribution in [3.05, 3.63) is 122 Å². The van der Waals surface area contributed by atoms with Gasteiger partial charge in [-0.1, -0.05) is 69.7 Å². The number of halogens is 2. The Labute approximate surface area is 221 Å². The van der Waals surface area contributed by atoms with Crippen molar-refractivity contribution in [2.45, 2.75) is 18.9 Å². The van der Waals surface area contributed by atoms with Gasteiger partial charge in [0.1, 0.15) is 5.75 Å². The largest absolute Gasteiger partial charge is 0.507 e. The Morgan fingerprint density at radius 2 is 1.88 bits per heavy atom. The summed E-state index contributed by atoms with van der Waals surface area (Å²) in [5.74, 6) is 0.237. The average Bonchev–Trinajstić information content (AvgIpc) is 3.15. The summed E-state index contributed by atoms with van der Waals surface area (Å²) in [6.07, 6.45) is 3.70. The van der Waals surface area contributed by atoms with E-state index in [9.17, 15) is 9.90 Å². The van der Waals surface area contributed by atoms with Crippen LogP contribution in [0.2, 0.25) is 0 Å². The van der Waals surface area contributed by atoms with Gasteiger partial charge in [-0.3, -0.25) is 9.36 Å². The van der Waals surface area contributed by atoms with E-state index in [1.54, 1.807) is 6.07 Å². The van der Waals surface area contributed by atoms with Crippen molar-refractivity contribution in [2.75, 3.05) is 0 Å². The molecule has 168 valence electrons. The van der Waals surface area contributed by atoms with Gasteiger partial charge in [-0.25, -0.2) is 4.99 Å². The van der Waals surface area contributed by atoms with E-state index in [1.807, 2.05) is 34.9 Å². The van der Waals surface area contributed by atoms with E-state index >= 15 is 0 Å². The number of phenols is 1. The summed E-state index contributed by atoms with van der Waals surface area (Å²) in [6, 6.07) is 21.8. The number of benzene rings is 3. The highest BCUT2D eigenvalue weighted by molar-refractivity contribution is 14.1. The Bertz CT molecular complexity index is 1670. The van der Waals surface area contributed by atoms with Crippen molar-refractivity contribution in [3.8, 4) is 5.75 Å². The van der Waals surface area contributed by atoms with Gasteiger partial charge in [-0.05, 0) is 88.0 Å². The molecule has 6 rings (SSSR count). The van der Waals surface area contributed by atoms with E-state index in [-0.39, 0.29) is 17.4 Å². The average molecular weight is 641 g/mol. The molecule has 1 aromatic heterocycles. The van der Waals surface area contributed by atoms with E-state index in [2.05, 4.69) is 74.9 Å². The summed E-state index contributed by atoms with van der Waals surface area (Å²) in [5.41, 5.74) is 6.58. The van der Waals surface area contributed by atoms with E-state index in [0.717, 1.165) is 43.3 Å². The van der Waals surface area contributed by atoms with Gasteiger partial charge in [0.2, 0.25) is 0 Å². The molecule has 0 spiro atoms. The SMILES string of the molecule is O=c1c(=Cc2ccc(O)c(I)c2)sc2n1C(c1ccc(Br)cc1)C1=C(N=2)c2ccccc2CC1. The number of allylic oxidation sites excluding steroid dienone is 1. The lowest BCUT2D eigenvalue weighted by Crippen LogP contribution is -2.38. The molecule has 4 nitrogen and oxygen atoms in total. The fourth-order valence-corrected chi connectivity index (χ4v) is 6.54. The third kappa shape index (κ3) is 3.70. The van der Waals surface area contributed by atoms with Crippen LogP contribution >= 0.6 is 49.9 Å². The quantitative estimate of drug-likeness (QED) is 0.299. The van der Waals surface area contributed by atoms with Crippen LogP contribution in [-0.2, 0) is 6.42 Å². The van der Waals surface area contributed by atoms with Crippen LogP contribution in [0.1, 0.15) is 34.7 Å². The third-order valence-corrected chi connectivity index (χ3v) is 8.70. The molecule has 0 bridgehead atoms. The first-order valence-corrected chi connectivity index (χ1v) is 13.6. The summed E-state index contributed by atoms with van der Waals surface area (Å²) in [5, 5.41) is 9.87. The van der Waals surface area contributed by atoms with Crippen LogP contribution in [0.15, 0.2) is 86.6 Å². The highest BCUT2D eigenvalue weighted by Gasteiger charge is 2.32. The van der Waals surface area contributed by atoms with Crippen molar-refractivity contribution >= 4 is 61.6 Å². The number of fused-ring (bicyclic) bond motifs is 3. The second-order valence-corrected chi connectivity index (χ2v) is 11.5. The molecule has 3 aromatic carbocycles. The molecule has 1 aliphatic carbocycles.